The molecule has 134 valence electrons. The van der Waals surface area contributed by atoms with Gasteiger partial charge in [0.15, 0.2) is 12.4 Å². The minimum absolute atomic E-state index is 0.0323. The first kappa shape index (κ1) is 17.7. The lowest BCUT2D eigenvalue weighted by Crippen LogP contribution is -2.23. The predicted molar refractivity (Wildman–Crippen MR) is 89.0 cm³/mol. The van der Waals surface area contributed by atoms with Crippen molar-refractivity contribution in [3.63, 3.8) is 0 Å². The summed E-state index contributed by atoms with van der Waals surface area (Å²) < 4.78 is 31.7. The number of hydrogen-bond acceptors (Lipinski definition) is 4. The van der Waals surface area contributed by atoms with E-state index in [4.69, 9.17) is 4.74 Å². The lowest BCUT2D eigenvalue weighted by molar-refractivity contribution is -0.117. The fourth-order valence-electron chi connectivity index (χ4n) is 2.73. The second kappa shape index (κ2) is 7.43. The summed E-state index contributed by atoms with van der Waals surface area (Å²) in [4.78, 5) is 37.2. The Balaban J connectivity index is 1.63. The maximum atomic E-state index is 13.5. The first-order chi connectivity index (χ1) is 12.5. The van der Waals surface area contributed by atoms with E-state index in [-0.39, 0.29) is 11.5 Å². The van der Waals surface area contributed by atoms with Crippen molar-refractivity contribution in [2.24, 2.45) is 0 Å². The van der Waals surface area contributed by atoms with E-state index in [0.29, 0.717) is 18.7 Å². The van der Waals surface area contributed by atoms with Crippen LogP contribution in [0, 0.1) is 11.6 Å². The van der Waals surface area contributed by atoms with Gasteiger partial charge >= 0.3 is 5.97 Å². The number of halogens is 2. The van der Waals surface area contributed by atoms with E-state index in [1.54, 1.807) is 17.0 Å². The molecule has 0 saturated carbocycles. The number of carbonyl (C=O) groups is 3. The fourth-order valence-corrected chi connectivity index (χ4v) is 2.73. The van der Waals surface area contributed by atoms with Crippen molar-refractivity contribution in [2.45, 2.75) is 12.8 Å². The third-order valence-corrected chi connectivity index (χ3v) is 4.08. The summed E-state index contributed by atoms with van der Waals surface area (Å²) in [5, 5.41) is 0. The van der Waals surface area contributed by atoms with E-state index in [1.807, 2.05) is 0 Å². The maximum absolute atomic E-state index is 13.5. The Morgan fingerprint density at radius 2 is 1.69 bits per heavy atom. The molecule has 2 aromatic rings. The van der Waals surface area contributed by atoms with Gasteiger partial charge in [0.2, 0.25) is 5.91 Å². The summed E-state index contributed by atoms with van der Waals surface area (Å²) >= 11 is 0. The molecule has 1 fully saturated rings. The van der Waals surface area contributed by atoms with Crippen molar-refractivity contribution < 1.29 is 27.9 Å². The van der Waals surface area contributed by atoms with E-state index >= 15 is 0 Å². The van der Waals surface area contributed by atoms with E-state index < -0.39 is 35.6 Å². The van der Waals surface area contributed by atoms with E-state index in [2.05, 4.69) is 0 Å². The molecule has 0 atom stereocenters. The number of carbonyl (C=O) groups excluding carboxylic acids is 3. The molecule has 0 N–H and O–H groups in total. The van der Waals surface area contributed by atoms with E-state index in [0.717, 1.165) is 24.6 Å². The van der Waals surface area contributed by atoms with Crippen molar-refractivity contribution in [3.05, 3.63) is 65.2 Å². The molecule has 0 radical (unpaired) electrons. The molecule has 1 aliphatic heterocycles. The predicted octanol–water partition coefficient (Wildman–Crippen LogP) is 3.13. The highest BCUT2D eigenvalue weighted by atomic mass is 19.1. The number of nitrogens with zero attached hydrogens (tertiary/aromatic N) is 1. The number of amides is 1. The highest BCUT2D eigenvalue weighted by Crippen LogP contribution is 2.22. The van der Waals surface area contributed by atoms with Crippen molar-refractivity contribution in [3.8, 4) is 0 Å². The number of ketones is 1. The fraction of sp³-hybridized carbons (Fsp3) is 0.211. The third kappa shape index (κ3) is 3.61. The summed E-state index contributed by atoms with van der Waals surface area (Å²) in [5.74, 6) is -3.84. The van der Waals surface area contributed by atoms with Gasteiger partial charge in [0.05, 0.1) is 0 Å². The quantitative estimate of drug-likeness (QED) is 0.608. The molecule has 3 rings (SSSR count). The van der Waals surface area contributed by atoms with Gasteiger partial charge in [-0.05, 0) is 42.8 Å². The standard InChI is InChI=1S/C19H15F2NO4/c20-14-3-1-4-15(21)18(14)19(25)26-11-16(23)12-6-8-13(9-7-12)22-10-2-5-17(22)24/h1,3-4,6-9H,2,5,10-11H2. The third-order valence-electron chi connectivity index (χ3n) is 4.08. The highest BCUT2D eigenvalue weighted by molar-refractivity contribution is 6.00. The molecule has 26 heavy (non-hydrogen) atoms. The Hall–Kier alpha value is -3.09. The second-order valence-electron chi connectivity index (χ2n) is 5.79. The molecule has 0 bridgehead atoms. The van der Waals surface area contributed by atoms with Crippen LogP contribution in [0.1, 0.15) is 33.6 Å². The van der Waals surface area contributed by atoms with Gasteiger partial charge in [-0.15, -0.1) is 0 Å². The number of hydrogen-bond donors (Lipinski definition) is 0. The number of Topliss-reactive ketones (excluding diaryl/α,β-unsaturated/α-hetero) is 1. The van der Waals surface area contributed by atoms with Gasteiger partial charge < -0.3 is 9.64 Å². The average molecular weight is 359 g/mol. The van der Waals surface area contributed by atoms with Crippen LogP contribution in [0.4, 0.5) is 14.5 Å². The van der Waals surface area contributed by atoms with Crippen molar-refractivity contribution >= 4 is 23.3 Å². The molecule has 1 amide bonds. The molecular weight excluding hydrogens is 344 g/mol. The van der Waals surface area contributed by atoms with E-state index in [9.17, 15) is 23.2 Å². The smallest absolute Gasteiger partial charge is 0.344 e. The summed E-state index contributed by atoms with van der Waals surface area (Å²) in [7, 11) is 0. The summed E-state index contributed by atoms with van der Waals surface area (Å²) in [6, 6.07) is 9.28. The minimum Gasteiger partial charge on any atom is -0.454 e. The zero-order valence-corrected chi connectivity index (χ0v) is 13.7. The molecule has 1 aliphatic rings. The monoisotopic (exact) mass is 359 g/mol. The second-order valence-corrected chi connectivity index (χ2v) is 5.79. The van der Waals surface area contributed by atoms with Crippen LogP contribution in [0.5, 0.6) is 0 Å². The summed E-state index contributed by atoms with van der Waals surface area (Å²) in [6.45, 7) is -0.00740. The Morgan fingerprint density at radius 1 is 1.04 bits per heavy atom. The Kier molecular flexibility index (Phi) is 5.06. The lowest BCUT2D eigenvalue weighted by Gasteiger charge is -2.15. The van der Waals surface area contributed by atoms with E-state index in [1.165, 1.54) is 12.1 Å². The highest BCUT2D eigenvalue weighted by Gasteiger charge is 2.22. The Morgan fingerprint density at radius 3 is 2.27 bits per heavy atom. The van der Waals surface area contributed by atoms with Gasteiger partial charge in [-0.3, -0.25) is 9.59 Å². The molecule has 7 heteroatoms. The normalized spacial score (nSPS) is 13.8. The summed E-state index contributed by atoms with van der Waals surface area (Å²) in [5.41, 5.74) is 0.125. The number of benzene rings is 2. The van der Waals surface area contributed by atoms with Gasteiger partial charge in [-0.25, -0.2) is 13.6 Å². The van der Waals surface area contributed by atoms with Crippen LogP contribution >= 0.6 is 0 Å². The molecular formula is C19H15F2NO4. The van der Waals surface area contributed by atoms with Crippen molar-refractivity contribution in [1.82, 2.24) is 0 Å². The molecule has 0 aromatic heterocycles. The topological polar surface area (TPSA) is 63.7 Å². The van der Waals surface area contributed by atoms with Crippen LogP contribution in [0.15, 0.2) is 42.5 Å². The van der Waals surface area contributed by atoms with Crippen LogP contribution in [0.3, 0.4) is 0 Å². The Labute approximate surface area is 148 Å². The number of ether oxygens (including phenoxy) is 1. The number of esters is 1. The molecule has 1 heterocycles. The van der Waals surface area contributed by atoms with Crippen LogP contribution in [-0.2, 0) is 9.53 Å². The van der Waals surface area contributed by atoms with Crippen LogP contribution in [0.25, 0.3) is 0 Å². The zero-order chi connectivity index (χ0) is 18.7. The first-order valence-corrected chi connectivity index (χ1v) is 8.02. The lowest BCUT2D eigenvalue weighted by atomic mass is 10.1. The summed E-state index contributed by atoms with van der Waals surface area (Å²) in [6.07, 6.45) is 1.30. The van der Waals surface area contributed by atoms with Crippen LogP contribution in [-0.4, -0.2) is 30.8 Å². The molecule has 2 aromatic carbocycles. The Bertz CT molecular complexity index is 844. The zero-order valence-electron chi connectivity index (χ0n) is 13.7. The largest absolute Gasteiger partial charge is 0.454 e. The van der Waals surface area contributed by atoms with Crippen LogP contribution in [0.2, 0.25) is 0 Å². The minimum atomic E-state index is -1.24. The number of rotatable bonds is 5. The molecule has 1 saturated heterocycles. The average Bonchev–Trinajstić information content (AvgIpc) is 3.05. The maximum Gasteiger partial charge on any atom is 0.344 e. The van der Waals surface area contributed by atoms with Crippen molar-refractivity contribution in [1.29, 1.82) is 0 Å². The SMILES string of the molecule is O=C(COC(=O)c1c(F)cccc1F)c1ccc(N2CCCC2=O)cc1. The van der Waals surface area contributed by atoms with Crippen LogP contribution < -0.4 is 4.90 Å². The molecule has 5 nitrogen and oxygen atoms in total. The van der Waals surface area contributed by atoms with Gasteiger partial charge in [0, 0.05) is 24.2 Å². The molecule has 0 spiro atoms. The number of anilines is 1. The first-order valence-electron chi connectivity index (χ1n) is 8.02. The van der Waals surface area contributed by atoms with Crippen molar-refractivity contribution in [2.75, 3.05) is 18.1 Å². The van der Waals surface area contributed by atoms with Gasteiger partial charge in [0.1, 0.15) is 17.2 Å². The molecule has 0 unspecified atom stereocenters. The van der Waals surface area contributed by atoms with Gasteiger partial charge in [0.25, 0.3) is 0 Å². The van der Waals surface area contributed by atoms with Gasteiger partial charge in [-0.1, -0.05) is 6.07 Å². The molecule has 0 aliphatic carbocycles. The van der Waals surface area contributed by atoms with Gasteiger partial charge in [-0.2, -0.15) is 0 Å².